The van der Waals surface area contributed by atoms with Crippen LogP contribution in [0.4, 0.5) is 0 Å². The topological polar surface area (TPSA) is 20.2 Å². The van der Waals surface area contributed by atoms with E-state index in [4.69, 9.17) is 0 Å². The molecule has 0 aromatic heterocycles. The molecule has 1 heteroatoms. The Morgan fingerprint density at radius 2 is 2.00 bits per heavy atom. The van der Waals surface area contributed by atoms with E-state index >= 15 is 0 Å². The summed E-state index contributed by atoms with van der Waals surface area (Å²) in [5, 5.41) is 9.23. The molecule has 1 N–H and O–H groups in total. The molecule has 0 aromatic carbocycles. The smallest absolute Gasteiger partial charge is 0.0902 e. The van der Waals surface area contributed by atoms with Gasteiger partial charge < -0.3 is 5.11 Å². The Hall–Kier alpha value is -0.820. The monoisotopic (exact) mass is 180 g/mol. The summed E-state index contributed by atoms with van der Waals surface area (Å²) in [6, 6.07) is 0. The van der Waals surface area contributed by atoms with Crippen LogP contribution in [0.1, 0.15) is 33.6 Å². The number of aliphatic hydroxyl groups excluding tert-OH is 1. The highest BCUT2D eigenvalue weighted by atomic mass is 16.3. The molecule has 1 atom stereocenters. The highest BCUT2D eigenvalue weighted by molar-refractivity contribution is 5.08. The first-order valence-electron chi connectivity index (χ1n) is 4.67. The number of aliphatic hydroxyl groups is 1. The van der Waals surface area contributed by atoms with Crippen LogP contribution in [0.5, 0.6) is 0 Å². The Morgan fingerprint density at radius 1 is 1.38 bits per heavy atom. The third kappa shape index (κ3) is 7.54. The van der Waals surface area contributed by atoms with Gasteiger partial charge in [0, 0.05) is 0 Å². The van der Waals surface area contributed by atoms with Crippen LogP contribution in [0.15, 0.2) is 36.0 Å². The van der Waals surface area contributed by atoms with Gasteiger partial charge in [0.1, 0.15) is 0 Å². The normalized spacial score (nSPS) is 13.7. The number of hydrogen-bond donors (Lipinski definition) is 1. The summed E-state index contributed by atoms with van der Waals surface area (Å²) in [5.74, 6) is 0. The molecule has 0 bridgehead atoms. The summed E-state index contributed by atoms with van der Waals surface area (Å²) < 4.78 is 0. The SMILES string of the molecule is C=C[C@H](O)/C=C(\C)CCC=C(C)C. The summed E-state index contributed by atoms with van der Waals surface area (Å²) in [7, 11) is 0. The summed E-state index contributed by atoms with van der Waals surface area (Å²) in [6.45, 7) is 9.74. The van der Waals surface area contributed by atoms with Crippen molar-refractivity contribution in [3.63, 3.8) is 0 Å². The second-order valence-corrected chi connectivity index (χ2v) is 3.56. The molecule has 0 aliphatic heterocycles. The summed E-state index contributed by atoms with van der Waals surface area (Å²) in [5.41, 5.74) is 2.56. The minimum absolute atomic E-state index is 0.494. The third-order valence-corrected chi connectivity index (χ3v) is 1.79. The van der Waals surface area contributed by atoms with Gasteiger partial charge in [0.2, 0.25) is 0 Å². The van der Waals surface area contributed by atoms with Gasteiger partial charge in [-0.05, 0) is 33.6 Å². The zero-order valence-corrected chi connectivity index (χ0v) is 8.88. The molecule has 0 aliphatic carbocycles. The molecule has 13 heavy (non-hydrogen) atoms. The highest BCUT2D eigenvalue weighted by Crippen LogP contribution is 2.07. The summed E-state index contributed by atoms with van der Waals surface area (Å²) >= 11 is 0. The van der Waals surface area contributed by atoms with Crippen LogP contribution < -0.4 is 0 Å². The molecular formula is C12H20O. The zero-order chi connectivity index (χ0) is 10.3. The van der Waals surface area contributed by atoms with Gasteiger partial charge >= 0.3 is 0 Å². The Bertz CT molecular complexity index is 207. The molecule has 0 amide bonds. The van der Waals surface area contributed by atoms with E-state index in [0.717, 1.165) is 12.8 Å². The molecule has 0 aromatic rings. The lowest BCUT2D eigenvalue weighted by Gasteiger charge is -2.01. The minimum Gasteiger partial charge on any atom is -0.385 e. The number of allylic oxidation sites excluding steroid dienone is 3. The fourth-order valence-electron chi connectivity index (χ4n) is 1.03. The lowest BCUT2D eigenvalue weighted by molar-refractivity contribution is 0.271. The molecule has 74 valence electrons. The van der Waals surface area contributed by atoms with Gasteiger partial charge in [0.25, 0.3) is 0 Å². The molecule has 0 saturated carbocycles. The maximum atomic E-state index is 9.23. The van der Waals surface area contributed by atoms with Crippen molar-refractivity contribution < 1.29 is 5.11 Å². The van der Waals surface area contributed by atoms with E-state index in [-0.39, 0.29) is 0 Å². The summed E-state index contributed by atoms with van der Waals surface area (Å²) in [4.78, 5) is 0. The van der Waals surface area contributed by atoms with Crippen molar-refractivity contribution in [3.05, 3.63) is 36.0 Å². The van der Waals surface area contributed by atoms with Gasteiger partial charge in [-0.3, -0.25) is 0 Å². The van der Waals surface area contributed by atoms with E-state index in [1.54, 1.807) is 0 Å². The minimum atomic E-state index is -0.494. The quantitative estimate of drug-likeness (QED) is 0.644. The standard InChI is InChI=1S/C12H20O/c1-5-12(13)9-11(4)8-6-7-10(2)3/h5,7,9,12-13H,1,6,8H2,2-4H3/b11-9+/t12-/m0/s1. The van der Waals surface area contributed by atoms with E-state index in [2.05, 4.69) is 26.5 Å². The third-order valence-electron chi connectivity index (χ3n) is 1.79. The maximum absolute atomic E-state index is 9.23. The first-order valence-corrected chi connectivity index (χ1v) is 4.67. The fourth-order valence-corrected chi connectivity index (χ4v) is 1.03. The maximum Gasteiger partial charge on any atom is 0.0902 e. The molecule has 0 radical (unpaired) electrons. The van der Waals surface area contributed by atoms with Crippen molar-refractivity contribution in [2.24, 2.45) is 0 Å². The molecule has 0 saturated heterocycles. The first-order chi connectivity index (χ1) is 6.06. The molecule has 1 nitrogen and oxygen atoms in total. The van der Waals surface area contributed by atoms with E-state index in [9.17, 15) is 5.11 Å². The largest absolute Gasteiger partial charge is 0.385 e. The Kier molecular flexibility index (Phi) is 6.25. The van der Waals surface area contributed by atoms with E-state index < -0.39 is 6.10 Å². The van der Waals surface area contributed by atoms with Crippen molar-refractivity contribution in [2.45, 2.75) is 39.7 Å². The van der Waals surface area contributed by atoms with Crippen LogP contribution in [0, 0.1) is 0 Å². The van der Waals surface area contributed by atoms with Crippen molar-refractivity contribution in [1.29, 1.82) is 0 Å². The zero-order valence-electron chi connectivity index (χ0n) is 8.88. The molecule has 0 rings (SSSR count). The molecule has 0 fully saturated rings. The van der Waals surface area contributed by atoms with Crippen LogP contribution >= 0.6 is 0 Å². The first kappa shape index (κ1) is 12.2. The lowest BCUT2D eigenvalue weighted by Crippen LogP contribution is -1.96. The second-order valence-electron chi connectivity index (χ2n) is 3.56. The van der Waals surface area contributed by atoms with Crippen molar-refractivity contribution in [1.82, 2.24) is 0 Å². The Balaban J connectivity index is 3.86. The van der Waals surface area contributed by atoms with E-state index in [1.165, 1.54) is 17.2 Å². The molecular weight excluding hydrogens is 160 g/mol. The highest BCUT2D eigenvalue weighted by Gasteiger charge is 1.93. The van der Waals surface area contributed by atoms with E-state index in [0.29, 0.717) is 0 Å². The lowest BCUT2D eigenvalue weighted by atomic mass is 10.1. The van der Waals surface area contributed by atoms with Gasteiger partial charge in [-0.2, -0.15) is 0 Å². The molecule has 0 unspecified atom stereocenters. The molecule has 0 heterocycles. The Morgan fingerprint density at radius 3 is 2.46 bits per heavy atom. The van der Waals surface area contributed by atoms with Gasteiger partial charge in [-0.15, -0.1) is 6.58 Å². The fraction of sp³-hybridized carbons (Fsp3) is 0.500. The average Bonchev–Trinajstić information content (AvgIpc) is 2.03. The summed E-state index contributed by atoms with van der Waals surface area (Å²) in [6.07, 6.45) is 7.14. The van der Waals surface area contributed by atoms with Crippen molar-refractivity contribution in [3.8, 4) is 0 Å². The molecule has 0 spiro atoms. The average molecular weight is 180 g/mol. The second kappa shape index (κ2) is 6.67. The van der Waals surface area contributed by atoms with Gasteiger partial charge in [0.15, 0.2) is 0 Å². The molecule has 0 aliphatic rings. The van der Waals surface area contributed by atoms with Crippen LogP contribution in [-0.2, 0) is 0 Å². The van der Waals surface area contributed by atoms with Crippen molar-refractivity contribution in [2.75, 3.05) is 0 Å². The van der Waals surface area contributed by atoms with Crippen LogP contribution in [0.3, 0.4) is 0 Å². The van der Waals surface area contributed by atoms with Gasteiger partial charge in [-0.1, -0.05) is 29.4 Å². The van der Waals surface area contributed by atoms with Crippen LogP contribution in [0.25, 0.3) is 0 Å². The number of rotatable bonds is 5. The van der Waals surface area contributed by atoms with Crippen molar-refractivity contribution >= 4 is 0 Å². The number of hydrogen-bond acceptors (Lipinski definition) is 1. The van der Waals surface area contributed by atoms with Gasteiger partial charge in [-0.25, -0.2) is 0 Å². The van der Waals surface area contributed by atoms with Crippen LogP contribution in [-0.4, -0.2) is 11.2 Å². The van der Waals surface area contributed by atoms with Crippen LogP contribution in [0.2, 0.25) is 0 Å². The predicted molar refractivity (Wildman–Crippen MR) is 58.6 cm³/mol. The predicted octanol–water partition coefficient (Wildman–Crippen LogP) is 3.23. The van der Waals surface area contributed by atoms with Gasteiger partial charge in [0.05, 0.1) is 6.10 Å². The van der Waals surface area contributed by atoms with E-state index in [1.807, 2.05) is 13.0 Å². The Labute approximate surface area is 81.5 Å².